The van der Waals surface area contributed by atoms with E-state index >= 15 is 0 Å². The number of nitrogens with two attached hydrogens (primary N) is 1. The Morgan fingerprint density at radius 3 is 2.79 bits per heavy atom. The molecule has 0 amide bonds. The highest BCUT2D eigenvalue weighted by molar-refractivity contribution is 6.30. The third-order valence-electron chi connectivity index (χ3n) is 3.26. The second-order valence-corrected chi connectivity index (χ2v) is 4.37. The van der Waals surface area contributed by atoms with Crippen LogP contribution < -0.4 is 5.73 Å². The Morgan fingerprint density at radius 2 is 2.29 bits per heavy atom. The molecule has 76 valence electrons. The van der Waals surface area contributed by atoms with E-state index in [9.17, 15) is 0 Å². The molecule has 0 bridgehead atoms. The summed E-state index contributed by atoms with van der Waals surface area (Å²) in [4.78, 5) is 4.13. The van der Waals surface area contributed by atoms with Crippen LogP contribution in [0.1, 0.15) is 31.2 Å². The van der Waals surface area contributed by atoms with E-state index < -0.39 is 0 Å². The van der Waals surface area contributed by atoms with Crippen LogP contribution in [-0.4, -0.2) is 11.5 Å². The highest BCUT2D eigenvalue weighted by atomic mass is 35.5. The zero-order chi connectivity index (χ0) is 10.0. The van der Waals surface area contributed by atoms with Crippen LogP contribution in [0, 0.1) is 0 Å². The summed E-state index contributed by atoms with van der Waals surface area (Å²) < 4.78 is 0. The summed E-state index contributed by atoms with van der Waals surface area (Å²) in [5.41, 5.74) is 7.08. The highest BCUT2D eigenvalue weighted by Crippen LogP contribution is 2.47. The van der Waals surface area contributed by atoms with Crippen molar-refractivity contribution < 1.29 is 0 Å². The SMILES string of the molecule is NCCC1(c2cccnc2Cl)CCC1. The average Bonchev–Trinajstić information content (AvgIpc) is 2.13. The van der Waals surface area contributed by atoms with Crippen LogP contribution in [0.3, 0.4) is 0 Å². The number of hydrogen-bond acceptors (Lipinski definition) is 2. The Labute approximate surface area is 89.5 Å². The summed E-state index contributed by atoms with van der Waals surface area (Å²) in [7, 11) is 0. The molecule has 0 radical (unpaired) electrons. The molecule has 1 fully saturated rings. The van der Waals surface area contributed by atoms with Gasteiger partial charge in [0.2, 0.25) is 0 Å². The molecule has 1 aliphatic carbocycles. The van der Waals surface area contributed by atoms with Crippen LogP contribution in [0.5, 0.6) is 0 Å². The van der Waals surface area contributed by atoms with Crippen molar-refractivity contribution in [1.29, 1.82) is 0 Å². The van der Waals surface area contributed by atoms with Crippen molar-refractivity contribution in [2.24, 2.45) is 5.73 Å². The molecule has 0 aliphatic heterocycles. The number of rotatable bonds is 3. The van der Waals surface area contributed by atoms with Gasteiger partial charge in [0, 0.05) is 6.20 Å². The van der Waals surface area contributed by atoms with Crippen molar-refractivity contribution in [3.8, 4) is 0 Å². The molecule has 0 atom stereocenters. The number of pyridine rings is 1. The molecule has 1 saturated carbocycles. The maximum atomic E-state index is 6.11. The number of hydrogen-bond donors (Lipinski definition) is 1. The van der Waals surface area contributed by atoms with Gasteiger partial charge in [-0.3, -0.25) is 0 Å². The lowest BCUT2D eigenvalue weighted by molar-refractivity contribution is 0.229. The first kappa shape index (κ1) is 9.94. The van der Waals surface area contributed by atoms with Crippen LogP contribution in [0.4, 0.5) is 0 Å². The predicted molar refractivity (Wildman–Crippen MR) is 58.4 cm³/mol. The first-order chi connectivity index (χ1) is 6.78. The van der Waals surface area contributed by atoms with Gasteiger partial charge in [0.05, 0.1) is 0 Å². The van der Waals surface area contributed by atoms with Crippen molar-refractivity contribution in [2.45, 2.75) is 31.1 Å². The molecule has 1 aromatic heterocycles. The maximum Gasteiger partial charge on any atom is 0.132 e. The Balaban J connectivity index is 2.32. The fourth-order valence-electron chi connectivity index (χ4n) is 2.32. The number of halogens is 1. The molecule has 2 N–H and O–H groups in total. The Morgan fingerprint density at radius 1 is 1.50 bits per heavy atom. The minimum atomic E-state index is 0.236. The van der Waals surface area contributed by atoms with Gasteiger partial charge < -0.3 is 5.73 Å². The predicted octanol–water partition coefficient (Wildman–Crippen LogP) is 2.51. The standard InChI is InChI=1S/C11H15ClN2/c12-10-9(3-1-8-14-10)11(6-7-13)4-2-5-11/h1,3,8H,2,4-7,13H2. The van der Waals surface area contributed by atoms with Crippen molar-refractivity contribution in [1.82, 2.24) is 4.98 Å². The largest absolute Gasteiger partial charge is 0.330 e. The lowest BCUT2D eigenvalue weighted by atomic mass is 9.63. The van der Waals surface area contributed by atoms with Crippen LogP contribution in [0.15, 0.2) is 18.3 Å². The minimum absolute atomic E-state index is 0.236. The van der Waals surface area contributed by atoms with Crippen LogP contribution in [0.25, 0.3) is 0 Å². The van der Waals surface area contributed by atoms with Gasteiger partial charge in [-0.15, -0.1) is 0 Å². The van der Waals surface area contributed by atoms with E-state index in [1.165, 1.54) is 24.8 Å². The number of aromatic nitrogens is 1. The quantitative estimate of drug-likeness (QED) is 0.779. The normalized spacial score (nSPS) is 19.0. The first-order valence-corrected chi connectivity index (χ1v) is 5.47. The molecular weight excluding hydrogens is 196 g/mol. The van der Waals surface area contributed by atoms with Gasteiger partial charge in [0.25, 0.3) is 0 Å². The Kier molecular flexibility index (Phi) is 2.75. The molecule has 1 aromatic rings. The van der Waals surface area contributed by atoms with Crippen molar-refractivity contribution in [3.63, 3.8) is 0 Å². The molecule has 1 aliphatic rings. The average molecular weight is 211 g/mol. The summed E-state index contributed by atoms with van der Waals surface area (Å²) in [6, 6.07) is 4.04. The van der Waals surface area contributed by atoms with E-state index in [4.69, 9.17) is 17.3 Å². The van der Waals surface area contributed by atoms with E-state index in [0.29, 0.717) is 5.15 Å². The minimum Gasteiger partial charge on any atom is -0.330 e. The van der Waals surface area contributed by atoms with Gasteiger partial charge in [0.15, 0.2) is 0 Å². The van der Waals surface area contributed by atoms with Gasteiger partial charge >= 0.3 is 0 Å². The molecular formula is C11H15ClN2. The van der Waals surface area contributed by atoms with Crippen LogP contribution >= 0.6 is 11.6 Å². The van der Waals surface area contributed by atoms with Gasteiger partial charge in [-0.1, -0.05) is 24.1 Å². The molecule has 0 unspecified atom stereocenters. The second-order valence-electron chi connectivity index (χ2n) is 4.01. The van der Waals surface area contributed by atoms with E-state index in [1.807, 2.05) is 6.07 Å². The van der Waals surface area contributed by atoms with Crippen molar-refractivity contribution >= 4 is 11.6 Å². The Bertz CT molecular complexity index is 321. The third-order valence-corrected chi connectivity index (χ3v) is 3.57. The van der Waals surface area contributed by atoms with E-state index in [1.54, 1.807) is 6.20 Å². The smallest absolute Gasteiger partial charge is 0.132 e. The molecule has 2 nitrogen and oxygen atoms in total. The van der Waals surface area contributed by atoms with E-state index in [0.717, 1.165) is 13.0 Å². The summed E-state index contributed by atoms with van der Waals surface area (Å²) in [5, 5.41) is 0.653. The molecule has 14 heavy (non-hydrogen) atoms. The zero-order valence-corrected chi connectivity index (χ0v) is 8.93. The van der Waals surface area contributed by atoms with Crippen molar-refractivity contribution in [2.75, 3.05) is 6.54 Å². The summed E-state index contributed by atoms with van der Waals surface area (Å²) in [5.74, 6) is 0. The second kappa shape index (κ2) is 3.87. The van der Waals surface area contributed by atoms with Crippen molar-refractivity contribution in [3.05, 3.63) is 29.0 Å². The van der Waals surface area contributed by atoms with Crippen LogP contribution in [-0.2, 0) is 5.41 Å². The summed E-state index contributed by atoms with van der Waals surface area (Å²) >= 11 is 6.11. The van der Waals surface area contributed by atoms with Gasteiger partial charge in [0.1, 0.15) is 5.15 Å². The van der Waals surface area contributed by atoms with E-state index in [-0.39, 0.29) is 5.41 Å². The molecule has 2 rings (SSSR count). The van der Waals surface area contributed by atoms with E-state index in [2.05, 4.69) is 11.1 Å². The van der Waals surface area contributed by atoms with Gasteiger partial charge in [-0.2, -0.15) is 0 Å². The first-order valence-electron chi connectivity index (χ1n) is 5.10. The monoisotopic (exact) mass is 210 g/mol. The molecule has 0 spiro atoms. The van der Waals surface area contributed by atoms with Gasteiger partial charge in [-0.05, 0) is 42.9 Å². The van der Waals surface area contributed by atoms with Gasteiger partial charge in [-0.25, -0.2) is 4.98 Å². The fraction of sp³-hybridized carbons (Fsp3) is 0.545. The molecule has 3 heteroatoms. The lowest BCUT2D eigenvalue weighted by Crippen LogP contribution is -2.36. The lowest BCUT2D eigenvalue weighted by Gasteiger charge is -2.42. The highest BCUT2D eigenvalue weighted by Gasteiger charge is 2.39. The topological polar surface area (TPSA) is 38.9 Å². The van der Waals surface area contributed by atoms with Crippen LogP contribution in [0.2, 0.25) is 5.15 Å². The molecule has 0 saturated heterocycles. The maximum absolute atomic E-state index is 6.11. The number of nitrogens with zero attached hydrogens (tertiary/aromatic N) is 1. The fourth-order valence-corrected chi connectivity index (χ4v) is 2.64. The molecule has 0 aromatic carbocycles. The Hall–Kier alpha value is -0.600. The summed E-state index contributed by atoms with van der Waals surface area (Å²) in [6.45, 7) is 0.727. The summed E-state index contributed by atoms with van der Waals surface area (Å²) in [6.07, 6.45) is 6.45. The molecule has 1 heterocycles. The zero-order valence-electron chi connectivity index (χ0n) is 8.17. The third kappa shape index (κ3) is 1.53.